The number of hydrogen-bond acceptors (Lipinski definition) is 0. The summed E-state index contributed by atoms with van der Waals surface area (Å²) in [6.45, 7) is 12.0. The van der Waals surface area contributed by atoms with Crippen LogP contribution in [0.25, 0.3) is 0 Å². The third-order valence-electron chi connectivity index (χ3n) is 2.73. The Balaban J connectivity index is 3.55. The van der Waals surface area contributed by atoms with Gasteiger partial charge < -0.3 is 0 Å². The Morgan fingerprint density at radius 2 is 1.40 bits per heavy atom. The van der Waals surface area contributed by atoms with Crippen LogP contribution >= 0.6 is 25.1 Å². The first kappa shape index (κ1) is 16.3. The average Bonchev–Trinajstić information content (AvgIpc) is 2.09. The highest BCUT2D eigenvalue weighted by molar-refractivity contribution is 7.56. The SMILES string of the molecule is CP(C)CCCCC(C)(P)CCP(C)C. The quantitative estimate of drug-likeness (QED) is 0.442. The summed E-state index contributed by atoms with van der Waals surface area (Å²) in [4.78, 5) is 0. The van der Waals surface area contributed by atoms with Crippen LogP contribution in [0.1, 0.15) is 32.6 Å². The van der Waals surface area contributed by atoms with E-state index in [0.29, 0.717) is 21.0 Å². The summed E-state index contributed by atoms with van der Waals surface area (Å²) in [5.74, 6) is 0. The standard InChI is InChI=1S/C12H29P3/c1-12(13,9-11-15(4)5)8-6-7-10-14(2)3/h6-11,13H2,1-5H3. The fourth-order valence-electron chi connectivity index (χ4n) is 1.56. The highest BCUT2D eigenvalue weighted by Crippen LogP contribution is 2.36. The molecule has 15 heavy (non-hydrogen) atoms. The maximum atomic E-state index is 3.09. The summed E-state index contributed by atoms with van der Waals surface area (Å²) in [5.41, 5.74) is 0. The number of hydrogen-bond donors (Lipinski definition) is 0. The normalized spacial score (nSPS) is 16.0. The highest BCUT2D eigenvalue weighted by Gasteiger charge is 2.17. The molecule has 0 spiro atoms. The minimum absolute atomic E-state index is 0.296. The van der Waals surface area contributed by atoms with E-state index in [9.17, 15) is 0 Å². The lowest BCUT2D eigenvalue weighted by atomic mass is 10.0. The third-order valence-corrected chi connectivity index (χ3v) is 5.64. The second-order valence-electron chi connectivity index (χ2n) is 5.47. The van der Waals surface area contributed by atoms with Crippen LogP contribution in [-0.2, 0) is 0 Å². The van der Waals surface area contributed by atoms with E-state index in [2.05, 4.69) is 42.8 Å². The molecule has 0 rings (SSSR count). The van der Waals surface area contributed by atoms with Crippen LogP contribution < -0.4 is 0 Å². The summed E-state index contributed by atoms with van der Waals surface area (Å²) in [6.07, 6.45) is 8.54. The van der Waals surface area contributed by atoms with Gasteiger partial charge in [0, 0.05) is 0 Å². The molecule has 0 saturated heterocycles. The van der Waals surface area contributed by atoms with E-state index < -0.39 is 0 Å². The number of rotatable bonds is 8. The summed E-state index contributed by atoms with van der Waals surface area (Å²) in [7, 11) is 3.72. The molecular weight excluding hydrogens is 237 g/mol. The fourth-order valence-corrected chi connectivity index (χ4v) is 3.97. The van der Waals surface area contributed by atoms with Gasteiger partial charge in [-0.05, 0) is 63.4 Å². The van der Waals surface area contributed by atoms with Gasteiger partial charge in [-0.25, -0.2) is 0 Å². The smallest absolute Gasteiger partial charge is 0.0175 e. The molecule has 2 atom stereocenters. The van der Waals surface area contributed by atoms with Gasteiger partial charge in [-0.2, -0.15) is 0 Å². The molecule has 0 aliphatic rings. The monoisotopic (exact) mass is 266 g/mol. The van der Waals surface area contributed by atoms with Crippen molar-refractivity contribution in [1.29, 1.82) is 0 Å². The first-order chi connectivity index (χ1) is 6.83. The van der Waals surface area contributed by atoms with E-state index in [1.807, 2.05) is 0 Å². The Bertz CT molecular complexity index is 153. The minimum Gasteiger partial charge on any atom is -0.131 e. The Morgan fingerprint density at radius 1 is 0.867 bits per heavy atom. The van der Waals surface area contributed by atoms with Crippen LogP contribution in [0.3, 0.4) is 0 Å². The summed E-state index contributed by atoms with van der Waals surface area (Å²) < 4.78 is 0. The molecule has 2 unspecified atom stereocenters. The van der Waals surface area contributed by atoms with Crippen molar-refractivity contribution in [2.24, 2.45) is 0 Å². The second kappa shape index (κ2) is 8.39. The average molecular weight is 266 g/mol. The summed E-state index contributed by atoms with van der Waals surface area (Å²) in [6, 6.07) is 0. The van der Waals surface area contributed by atoms with Crippen LogP contribution in [0, 0.1) is 0 Å². The van der Waals surface area contributed by atoms with E-state index >= 15 is 0 Å². The van der Waals surface area contributed by atoms with Crippen molar-refractivity contribution in [2.45, 2.75) is 37.8 Å². The van der Waals surface area contributed by atoms with Crippen molar-refractivity contribution < 1.29 is 0 Å². The van der Waals surface area contributed by atoms with E-state index in [1.54, 1.807) is 0 Å². The van der Waals surface area contributed by atoms with Crippen LogP contribution in [0.4, 0.5) is 0 Å². The molecule has 0 radical (unpaired) electrons. The summed E-state index contributed by atoms with van der Waals surface area (Å²) in [5, 5.41) is 0.511. The molecule has 0 aliphatic heterocycles. The van der Waals surface area contributed by atoms with Gasteiger partial charge in [-0.1, -0.05) is 13.3 Å². The molecule has 3 heteroatoms. The highest BCUT2D eigenvalue weighted by atomic mass is 31.1. The molecule has 0 N–H and O–H groups in total. The molecule has 0 nitrogen and oxygen atoms in total. The molecule has 0 saturated carbocycles. The number of unbranched alkanes of at least 4 members (excludes halogenated alkanes) is 1. The maximum Gasteiger partial charge on any atom is -0.0175 e. The topological polar surface area (TPSA) is 0 Å². The first-order valence-electron chi connectivity index (χ1n) is 5.92. The Kier molecular flexibility index (Phi) is 9.11. The van der Waals surface area contributed by atoms with Crippen molar-refractivity contribution in [2.75, 3.05) is 39.0 Å². The molecule has 0 aromatic carbocycles. The van der Waals surface area contributed by atoms with Crippen molar-refractivity contribution in [3.8, 4) is 0 Å². The third kappa shape index (κ3) is 11.6. The summed E-state index contributed by atoms with van der Waals surface area (Å²) >= 11 is 0. The van der Waals surface area contributed by atoms with Gasteiger partial charge in [0.25, 0.3) is 0 Å². The zero-order chi connectivity index (χ0) is 11.9. The predicted molar refractivity (Wildman–Crippen MR) is 83.9 cm³/mol. The van der Waals surface area contributed by atoms with Crippen LogP contribution in [0.15, 0.2) is 0 Å². The lowest BCUT2D eigenvalue weighted by molar-refractivity contribution is 0.541. The molecule has 92 valence electrons. The Labute approximate surface area is 102 Å². The lowest BCUT2D eigenvalue weighted by Crippen LogP contribution is -2.16. The molecule has 0 aromatic heterocycles. The largest absolute Gasteiger partial charge is 0.131 e. The molecule has 0 heterocycles. The van der Waals surface area contributed by atoms with Crippen molar-refractivity contribution >= 4 is 25.1 Å². The van der Waals surface area contributed by atoms with Crippen molar-refractivity contribution in [1.82, 2.24) is 0 Å². The van der Waals surface area contributed by atoms with E-state index in [1.165, 1.54) is 38.0 Å². The van der Waals surface area contributed by atoms with Gasteiger partial charge in [0.05, 0.1) is 0 Å². The van der Waals surface area contributed by atoms with Gasteiger partial charge in [0.1, 0.15) is 0 Å². The Morgan fingerprint density at radius 3 is 1.87 bits per heavy atom. The van der Waals surface area contributed by atoms with Crippen LogP contribution in [-0.4, -0.2) is 44.1 Å². The van der Waals surface area contributed by atoms with Crippen molar-refractivity contribution in [3.05, 3.63) is 0 Å². The zero-order valence-electron chi connectivity index (χ0n) is 11.2. The van der Waals surface area contributed by atoms with Crippen LogP contribution in [0.5, 0.6) is 0 Å². The second-order valence-corrected chi connectivity index (χ2v) is 12.1. The van der Waals surface area contributed by atoms with E-state index in [4.69, 9.17) is 0 Å². The van der Waals surface area contributed by atoms with E-state index in [-0.39, 0.29) is 0 Å². The van der Waals surface area contributed by atoms with E-state index in [0.717, 1.165) is 0 Å². The first-order valence-corrected chi connectivity index (χ1v) is 11.3. The predicted octanol–water partition coefficient (Wildman–Crippen LogP) is 4.66. The molecular formula is C12H29P3. The van der Waals surface area contributed by atoms with Crippen LogP contribution in [0.2, 0.25) is 0 Å². The molecule has 0 aromatic rings. The van der Waals surface area contributed by atoms with Gasteiger partial charge in [-0.15, -0.1) is 25.1 Å². The van der Waals surface area contributed by atoms with Crippen molar-refractivity contribution in [3.63, 3.8) is 0 Å². The van der Waals surface area contributed by atoms with Gasteiger partial charge >= 0.3 is 0 Å². The minimum atomic E-state index is 0.296. The molecule has 0 fully saturated rings. The molecule has 0 amide bonds. The van der Waals surface area contributed by atoms with Gasteiger partial charge in [-0.3, -0.25) is 0 Å². The molecule has 0 bridgehead atoms. The molecule has 0 aliphatic carbocycles. The van der Waals surface area contributed by atoms with Gasteiger partial charge in [0.2, 0.25) is 0 Å². The van der Waals surface area contributed by atoms with Gasteiger partial charge in [0.15, 0.2) is 0 Å². The maximum absolute atomic E-state index is 3.09. The Hall–Kier alpha value is 1.29. The fraction of sp³-hybridized carbons (Fsp3) is 1.00. The lowest BCUT2D eigenvalue weighted by Gasteiger charge is -2.25. The zero-order valence-corrected chi connectivity index (χ0v) is 14.2.